The van der Waals surface area contributed by atoms with Gasteiger partial charge >= 0.3 is 0 Å². The van der Waals surface area contributed by atoms with E-state index in [1.54, 1.807) is 11.3 Å². The number of benzene rings is 2. The van der Waals surface area contributed by atoms with Gasteiger partial charge in [-0.2, -0.15) is 0 Å². The summed E-state index contributed by atoms with van der Waals surface area (Å²) in [6, 6.07) is 12.2. The van der Waals surface area contributed by atoms with Crippen LogP contribution in [0.3, 0.4) is 0 Å². The summed E-state index contributed by atoms with van der Waals surface area (Å²) < 4.78 is 6.63. The van der Waals surface area contributed by atoms with E-state index >= 15 is 0 Å². The lowest BCUT2D eigenvalue weighted by Gasteiger charge is -2.29. The SMILES string of the molecule is Cc1ccc(C)c2sc(N(CCN3CCOCC3)C(=O)c3c[nH]c4ccccc34)nc12. The molecule has 3 heterocycles. The second-order valence-corrected chi connectivity index (χ2v) is 9.01. The minimum atomic E-state index is -0.0138. The van der Waals surface area contributed by atoms with Crippen LogP contribution in [0, 0.1) is 13.8 Å². The van der Waals surface area contributed by atoms with E-state index in [4.69, 9.17) is 9.72 Å². The number of rotatable bonds is 5. The van der Waals surface area contributed by atoms with Gasteiger partial charge in [0.25, 0.3) is 5.91 Å². The Kier molecular flexibility index (Phi) is 5.48. The predicted molar refractivity (Wildman–Crippen MR) is 126 cm³/mol. The van der Waals surface area contributed by atoms with Crippen LogP contribution in [0.5, 0.6) is 0 Å². The molecule has 1 amide bonds. The predicted octanol–water partition coefficient (Wildman–Crippen LogP) is 4.37. The number of carbonyl (C=O) groups is 1. The average molecular weight is 435 g/mol. The fraction of sp³-hybridized carbons (Fsp3) is 0.333. The van der Waals surface area contributed by atoms with Crippen molar-refractivity contribution >= 4 is 43.5 Å². The topological polar surface area (TPSA) is 61.5 Å². The van der Waals surface area contributed by atoms with Crippen LogP contribution in [0.4, 0.5) is 5.13 Å². The van der Waals surface area contributed by atoms with Crippen molar-refractivity contribution in [2.45, 2.75) is 13.8 Å². The van der Waals surface area contributed by atoms with E-state index in [9.17, 15) is 4.79 Å². The molecule has 1 aliphatic heterocycles. The minimum absolute atomic E-state index is 0.0138. The van der Waals surface area contributed by atoms with Crippen molar-refractivity contribution in [1.82, 2.24) is 14.9 Å². The van der Waals surface area contributed by atoms with E-state index in [-0.39, 0.29) is 5.91 Å². The van der Waals surface area contributed by atoms with Crippen LogP contribution >= 0.6 is 11.3 Å². The van der Waals surface area contributed by atoms with Gasteiger partial charge in [0.15, 0.2) is 5.13 Å². The molecule has 2 aromatic carbocycles. The monoisotopic (exact) mass is 434 g/mol. The van der Waals surface area contributed by atoms with Gasteiger partial charge < -0.3 is 9.72 Å². The smallest absolute Gasteiger partial charge is 0.262 e. The first kappa shape index (κ1) is 20.2. The van der Waals surface area contributed by atoms with E-state index < -0.39 is 0 Å². The van der Waals surface area contributed by atoms with Gasteiger partial charge in [0, 0.05) is 43.3 Å². The highest BCUT2D eigenvalue weighted by Crippen LogP contribution is 2.34. The first-order valence-corrected chi connectivity index (χ1v) is 11.5. The molecule has 6 nitrogen and oxygen atoms in total. The first-order valence-electron chi connectivity index (χ1n) is 10.7. The van der Waals surface area contributed by atoms with Crippen molar-refractivity contribution in [3.8, 4) is 0 Å². The number of aromatic amines is 1. The number of anilines is 1. The Labute approximate surface area is 185 Å². The number of nitrogens with one attached hydrogen (secondary N) is 1. The molecule has 0 bridgehead atoms. The molecule has 31 heavy (non-hydrogen) atoms. The number of aryl methyl sites for hydroxylation is 2. The quantitative estimate of drug-likeness (QED) is 0.507. The molecule has 1 saturated heterocycles. The highest BCUT2D eigenvalue weighted by molar-refractivity contribution is 7.22. The molecule has 0 atom stereocenters. The molecule has 0 saturated carbocycles. The summed E-state index contributed by atoms with van der Waals surface area (Å²) >= 11 is 1.60. The lowest BCUT2D eigenvalue weighted by Crippen LogP contribution is -2.43. The molecule has 1 fully saturated rings. The summed E-state index contributed by atoms with van der Waals surface area (Å²) in [7, 11) is 0. The van der Waals surface area contributed by atoms with Gasteiger partial charge in [-0.25, -0.2) is 4.98 Å². The van der Waals surface area contributed by atoms with Crippen molar-refractivity contribution < 1.29 is 9.53 Å². The Morgan fingerprint density at radius 2 is 1.94 bits per heavy atom. The van der Waals surface area contributed by atoms with Gasteiger partial charge in [-0.3, -0.25) is 14.6 Å². The second kappa shape index (κ2) is 8.42. The van der Waals surface area contributed by atoms with E-state index in [0.717, 1.165) is 64.7 Å². The van der Waals surface area contributed by atoms with Crippen LogP contribution in [-0.4, -0.2) is 60.2 Å². The van der Waals surface area contributed by atoms with Crippen LogP contribution in [-0.2, 0) is 4.74 Å². The molecule has 0 aliphatic carbocycles. The molecule has 160 valence electrons. The molecule has 0 spiro atoms. The van der Waals surface area contributed by atoms with Crippen LogP contribution in [0.2, 0.25) is 0 Å². The fourth-order valence-electron chi connectivity index (χ4n) is 4.11. The van der Waals surface area contributed by atoms with Crippen molar-refractivity contribution in [2.75, 3.05) is 44.3 Å². The van der Waals surface area contributed by atoms with E-state index in [1.165, 1.54) is 5.56 Å². The molecule has 0 unspecified atom stereocenters. The summed E-state index contributed by atoms with van der Waals surface area (Å²) in [5, 5.41) is 1.70. The molecule has 2 aromatic heterocycles. The molecule has 4 aromatic rings. The highest BCUT2D eigenvalue weighted by Gasteiger charge is 2.25. The number of thiazole rings is 1. The van der Waals surface area contributed by atoms with Gasteiger partial charge in [0.05, 0.1) is 29.0 Å². The summed E-state index contributed by atoms with van der Waals surface area (Å²) in [4.78, 5) is 26.1. The minimum Gasteiger partial charge on any atom is -0.379 e. The third-order valence-electron chi connectivity index (χ3n) is 5.97. The van der Waals surface area contributed by atoms with Crippen molar-refractivity contribution in [2.24, 2.45) is 0 Å². The van der Waals surface area contributed by atoms with Crippen LogP contribution < -0.4 is 4.90 Å². The molecular weight excluding hydrogens is 408 g/mol. The maximum absolute atomic E-state index is 13.8. The second-order valence-electron chi connectivity index (χ2n) is 8.03. The van der Waals surface area contributed by atoms with Crippen molar-refractivity contribution in [1.29, 1.82) is 0 Å². The largest absolute Gasteiger partial charge is 0.379 e. The van der Waals surface area contributed by atoms with Gasteiger partial charge in [0.1, 0.15) is 0 Å². The van der Waals surface area contributed by atoms with Crippen molar-refractivity contribution in [3.05, 3.63) is 59.3 Å². The zero-order chi connectivity index (χ0) is 21.4. The number of fused-ring (bicyclic) bond motifs is 2. The van der Waals surface area contributed by atoms with Gasteiger partial charge in [-0.15, -0.1) is 0 Å². The number of ether oxygens (including phenoxy) is 1. The Morgan fingerprint density at radius 3 is 2.74 bits per heavy atom. The molecule has 1 aliphatic rings. The number of morpholine rings is 1. The number of aromatic nitrogens is 2. The molecule has 5 rings (SSSR count). The number of nitrogens with zero attached hydrogens (tertiary/aromatic N) is 3. The molecule has 1 N–H and O–H groups in total. The fourth-order valence-corrected chi connectivity index (χ4v) is 5.24. The van der Waals surface area contributed by atoms with Gasteiger partial charge in [0.2, 0.25) is 0 Å². The lowest BCUT2D eigenvalue weighted by molar-refractivity contribution is 0.0391. The Morgan fingerprint density at radius 1 is 1.16 bits per heavy atom. The zero-order valence-electron chi connectivity index (χ0n) is 17.9. The van der Waals surface area contributed by atoms with Crippen molar-refractivity contribution in [3.63, 3.8) is 0 Å². The standard InChI is InChI=1S/C24H26N4O2S/c1-16-7-8-17(2)22-21(16)26-24(31-22)28(10-9-27-11-13-30-14-12-27)23(29)19-15-25-20-6-4-3-5-18(19)20/h3-8,15,25H,9-14H2,1-2H3. The van der Waals surface area contributed by atoms with E-state index in [0.29, 0.717) is 12.1 Å². The summed E-state index contributed by atoms with van der Waals surface area (Å²) in [6.45, 7) is 8.85. The van der Waals surface area contributed by atoms with Gasteiger partial charge in [-0.05, 0) is 31.0 Å². The third-order valence-corrected chi connectivity index (χ3v) is 7.18. The highest BCUT2D eigenvalue weighted by atomic mass is 32.1. The number of para-hydroxylation sites is 1. The Hall–Kier alpha value is -2.74. The summed E-state index contributed by atoms with van der Waals surface area (Å²) in [6.07, 6.45) is 1.82. The third kappa shape index (κ3) is 3.84. The number of hydrogen-bond donors (Lipinski definition) is 1. The zero-order valence-corrected chi connectivity index (χ0v) is 18.7. The maximum Gasteiger partial charge on any atom is 0.262 e. The number of carbonyl (C=O) groups excluding carboxylic acids is 1. The number of H-pyrrole nitrogens is 1. The normalized spacial score (nSPS) is 15.0. The summed E-state index contributed by atoms with van der Waals surface area (Å²) in [5.74, 6) is -0.0138. The maximum atomic E-state index is 13.8. The van der Waals surface area contributed by atoms with Crippen LogP contribution in [0.1, 0.15) is 21.5 Å². The average Bonchev–Trinajstić information content (AvgIpc) is 3.43. The first-order chi connectivity index (χ1) is 15.1. The number of amides is 1. The number of hydrogen-bond acceptors (Lipinski definition) is 5. The molecule has 0 radical (unpaired) electrons. The van der Waals surface area contributed by atoms with E-state index in [1.807, 2.05) is 35.4 Å². The molecule has 7 heteroatoms. The Balaban J connectivity index is 1.53. The van der Waals surface area contributed by atoms with Gasteiger partial charge in [-0.1, -0.05) is 41.7 Å². The van der Waals surface area contributed by atoms with E-state index in [2.05, 4.69) is 35.9 Å². The lowest BCUT2D eigenvalue weighted by atomic mass is 10.1. The van der Waals surface area contributed by atoms with Crippen LogP contribution in [0.15, 0.2) is 42.6 Å². The molecular formula is C24H26N4O2S. The summed E-state index contributed by atoms with van der Waals surface area (Å²) in [5.41, 5.74) is 4.97. The van der Waals surface area contributed by atoms with Crippen LogP contribution in [0.25, 0.3) is 21.1 Å². The Bertz CT molecular complexity index is 1200.